The van der Waals surface area contributed by atoms with E-state index in [9.17, 15) is 19.5 Å². The number of carboxylic acids is 1. The molecule has 0 amide bonds. The Bertz CT molecular complexity index is 2160. The van der Waals surface area contributed by atoms with Crippen molar-refractivity contribution in [1.29, 1.82) is 0 Å². The van der Waals surface area contributed by atoms with Crippen LogP contribution in [0.5, 0.6) is 0 Å². The number of allylic oxidation sites excluding steroid dienone is 24. The first-order chi connectivity index (χ1) is 49.1. The maximum atomic E-state index is 13.0. The summed E-state index contributed by atoms with van der Waals surface area (Å²) in [5, 5.41) is 9.77. The fourth-order valence-corrected chi connectivity index (χ4v) is 11.6. The monoisotopic (exact) mass is 1390 g/mol. The normalized spacial score (nSPS) is 13.4. The van der Waals surface area contributed by atoms with Gasteiger partial charge in [0.15, 0.2) is 6.10 Å². The van der Waals surface area contributed by atoms with Crippen LogP contribution < -0.4 is 0 Å². The maximum absolute atomic E-state index is 13.0. The number of nitrogens with zero attached hydrogens (tertiary/aromatic N) is 1. The van der Waals surface area contributed by atoms with Crippen LogP contribution >= 0.6 is 0 Å². The molecule has 0 bridgehead atoms. The molecule has 0 aliphatic rings. The topological polar surface area (TPSA) is 108 Å². The zero-order valence-electron chi connectivity index (χ0n) is 65.6. The molecule has 9 nitrogen and oxygen atoms in total. The molecule has 0 spiro atoms. The first-order valence-corrected chi connectivity index (χ1v) is 41.5. The highest BCUT2D eigenvalue weighted by Crippen LogP contribution is 2.19. The van der Waals surface area contributed by atoms with E-state index in [0.717, 1.165) is 109 Å². The highest BCUT2D eigenvalue weighted by molar-refractivity contribution is 5.71. The number of likely N-dealkylation sites (N-methyl/N-ethyl adjacent to an activating group) is 1. The van der Waals surface area contributed by atoms with Crippen LogP contribution in [0.4, 0.5) is 0 Å². The van der Waals surface area contributed by atoms with Gasteiger partial charge in [-0.05, 0) is 103 Å². The lowest BCUT2D eigenvalue weighted by atomic mass is 10.0. The third-order valence-corrected chi connectivity index (χ3v) is 17.9. The summed E-state index contributed by atoms with van der Waals surface area (Å²) in [7, 11) is 5.96. The smallest absolute Gasteiger partial charge is 0.361 e. The predicted molar refractivity (Wildman–Crippen MR) is 433 cm³/mol. The number of esters is 2. The number of carbonyl (C=O) groups is 3. The molecule has 0 fully saturated rings. The summed E-state index contributed by atoms with van der Waals surface area (Å²) in [6.45, 7) is 4.74. The van der Waals surface area contributed by atoms with Crippen molar-refractivity contribution in [3.63, 3.8) is 0 Å². The van der Waals surface area contributed by atoms with Crippen molar-refractivity contribution in [2.45, 2.75) is 367 Å². The van der Waals surface area contributed by atoms with Gasteiger partial charge in [-0.15, -0.1) is 0 Å². The van der Waals surface area contributed by atoms with E-state index in [1.54, 1.807) is 0 Å². The van der Waals surface area contributed by atoms with Crippen LogP contribution in [0.3, 0.4) is 0 Å². The van der Waals surface area contributed by atoms with Crippen LogP contribution in [0.15, 0.2) is 146 Å². The lowest BCUT2D eigenvalue weighted by Crippen LogP contribution is -2.40. The fourth-order valence-electron chi connectivity index (χ4n) is 11.6. The second kappa shape index (κ2) is 79.9. The summed E-state index contributed by atoms with van der Waals surface area (Å²) in [4.78, 5) is 37.7. The van der Waals surface area contributed by atoms with E-state index in [1.807, 2.05) is 21.1 Å². The minimum atomic E-state index is -1.53. The first kappa shape index (κ1) is 95.2. The molecule has 0 aromatic heterocycles. The summed E-state index contributed by atoms with van der Waals surface area (Å²) >= 11 is 0. The number of hydrogen-bond donors (Lipinski definition) is 1. The third kappa shape index (κ3) is 80.5. The summed E-state index contributed by atoms with van der Waals surface area (Å²) in [6, 6.07) is 0. The Morgan fingerprint density at radius 1 is 0.310 bits per heavy atom. The summed E-state index contributed by atoms with van der Waals surface area (Å²) in [6.07, 6.45) is 115. The van der Waals surface area contributed by atoms with Crippen LogP contribution in [-0.2, 0) is 33.3 Å². The standard InChI is InChI=1S/C91H155NO8/c1-6-8-10-12-14-16-18-20-22-24-26-28-30-32-34-36-38-40-42-44-45-46-48-50-52-54-56-58-60-62-64-66-68-70-72-74-76-78-80-82-89(94)100-87(86-99-91(90(95)96)97-84-83-92(3,4)5)85-98-88(93)81-79-77-75-73-71-69-67-65-63-61-59-57-55-53-51-49-47-43-41-39-37-35-33-31-29-27-25-23-21-19-17-15-13-11-9-7-2/h8,10,14,16,20,22,26,28,32,34,38,40,44-45,48,50,54,56,60,62,66,68,72,74,87,91H,6-7,9,11-13,15,17-19,21,23-25,27,29-31,33,35-37,39,41-43,46-47,49,51-53,55,57-59,61,63-65,67,69-71,73,75-86H2,1-5H3/p+1/b10-8-,16-14-,22-20-,28-26-,34-32-,40-38-,45-44-,50-48-,56-54-,62-60-,68-66-,74-72-. The van der Waals surface area contributed by atoms with Gasteiger partial charge in [0.2, 0.25) is 0 Å². The van der Waals surface area contributed by atoms with Gasteiger partial charge in [0.05, 0.1) is 34.4 Å². The SMILES string of the molecule is CC/C=C\C/C=C\C/C=C\C/C=C\C/C=C\C/C=C\C/C=C\C/C=C\C/C=C\C/C=C\C/C=C\C/C=C\CCCCC(=O)OC(COC(=O)CCCCCCCCCCCCCCCCCCCCCCCCCCCCCCCCCCCCCC)COC(OCC[N+](C)(C)C)C(=O)O. The molecule has 0 saturated heterocycles. The highest BCUT2D eigenvalue weighted by atomic mass is 16.7. The largest absolute Gasteiger partial charge is 0.477 e. The van der Waals surface area contributed by atoms with Crippen molar-refractivity contribution in [2.75, 3.05) is 47.5 Å². The van der Waals surface area contributed by atoms with Crippen molar-refractivity contribution in [1.82, 2.24) is 0 Å². The fraction of sp³-hybridized carbons (Fsp3) is 0.703. The first-order valence-electron chi connectivity index (χ1n) is 41.5. The second-order valence-electron chi connectivity index (χ2n) is 28.7. The minimum absolute atomic E-state index is 0.173. The number of ether oxygens (including phenoxy) is 4. The van der Waals surface area contributed by atoms with Gasteiger partial charge in [-0.1, -0.05) is 384 Å². The molecule has 2 unspecified atom stereocenters. The van der Waals surface area contributed by atoms with E-state index < -0.39 is 24.3 Å². The van der Waals surface area contributed by atoms with Gasteiger partial charge in [-0.2, -0.15) is 0 Å². The van der Waals surface area contributed by atoms with Crippen LogP contribution in [0.25, 0.3) is 0 Å². The van der Waals surface area contributed by atoms with Gasteiger partial charge in [0.25, 0.3) is 6.29 Å². The highest BCUT2D eigenvalue weighted by Gasteiger charge is 2.25. The summed E-state index contributed by atoms with van der Waals surface area (Å²) in [5.41, 5.74) is 0. The zero-order chi connectivity index (χ0) is 72.5. The molecule has 572 valence electrons. The van der Waals surface area contributed by atoms with Crippen LogP contribution in [0, 0.1) is 0 Å². The number of hydrogen-bond acceptors (Lipinski definition) is 7. The Morgan fingerprint density at radius 2 is 0.570 bits per heavy atom. The molecular weight excluding hydrogens is 1230 g/mol. The summed E-state index contributed by atoms with van der Waals surface area (Å²) < 4.78 is 23.0. The molecule has 100 heavy (non-hydrogen) atoms. The van der Waals surface area contributed by atoms with Crippen LogP contribution in [0.2, 0.25) is 0 Å². The number of unbranched alkanes of at least 4 members (excludes halogenated alkanes) is 37. The second-order valence-corrected chi connectivity index (χ2v) is 28.7. The van der Waals surface area contributed by atoms with Gasteiger partial charge in [0.1, 0.15) is 13.2 Å². The zero-order valence-corrected chi connectivity index (χ0v) is 65.6. The molecule has 0 aromatic rings. The Labute approximate surface area is 617 Å². The Balaban J connectivity index is 4.12. The van der Waals surface area contributed by atoms with Crippen molar-refractivity contribution >= 4 is 17.9 Å². The molecular formula is C91H156NO8+. The van der Waals surface area contributed by atoms with Gasteiger partial charge < -0.3 is 28.5 Å². The van der Waals surface area contributed by atoms with E-state index in [0.29, 0.717) is 17.4 Å². The third-order valence-electron chi connectivity index (χ3n) is 17.9. The molecule has 1 N–H and O–H groups in total. The lowest BCUT2D eigenvalue weighted by molar-refractivity contribution is -0.870. The minimum Gasteiger partial charge on any atom is -0.477 e. The Hall–Kier alpha value is -4.83. The maximum Gasteiger partial charge on any atom is 0.361 e. The van der Waals surface area contributed by atoms with E-state index in [4.69, 9.17) is 18.9 Å². The molecule has 0 aliphatic heterocycles. The van der Waals surface area contributed by atoms with Crippen molar-refractivity contribution < 1.29 is 42.9 Å². The molecule has 2 atom stereocenters. The van der Waals surface area contributed by atoms with Crippen molar-refractivity contribution in [2.24, 2.45) is 0 Å². The molecule has 0 saturated carbocycles. The molecule has 0 aliphatic carbocycles. The lowest BCUT2D eigenvalue weighted by Gasteiger charge is -2.25. The van der Waals surface area contributed by atoms with Gasteiger partial charge >= 0.3 is 17.9 Å². The van der Waals surface area contributed by atoms with Crippen LogP contribution in [0.1, 0.15) is 354 Å². The Morgan fingerprint density at radius 3 is 0.850 bits per heavy atom. The number of carboxylic acid groups (broad SMARTS) is 1. The quantitative estimate of drug-likeness (QED) is 0.0211. The van der Waals surface area contributed by atoms with E-state index >= 15 is 0 Å². The summed E-state index contributed by atoms with van der Waals surface area (Å²) in [5.74, 6) is -2.06. The van der Waals surface area contributed by atoms with Gasteiger partial charge in [-0.3, -0.25) is 9.59 Å². The predicted octanol–water partition coefficient (Wildman–Crippen LogP) is 27.0. The average Bonchev–Trinajstić information content (AvgIpc) is 1.08. The number of rotatable bonds is 76. The number of carbonyl (C=O) groups excluding carboxylic acids is 2. The molecule has 0 aromatic carbocycles. The average molecular weight is 1390 g/mol. The molecule has 0 radical (unpaired) electrons. The van der Waals surface area contributed by atoms with Gasteiger partial charge in [0, 0.05) is 12.8 Å². The van der Waals surface area contributed by atoms with E-state index in [2.05, 4.69) is 160 Å². The number of quaternary nitrogens is 1. The van der Waals surface area contributed by atoms with E-state index in [-0.39, 0.29) is 38.6 Å². The molecule has 0 rings (SSSR count). The van der Waals surface area contributed by atoms with E-state index in [1.165, 1.54) is 212 Å². The van der Waals surface area contributed by atoms with Crippen molar-refractivity contribution in [3.05, 3.63) is 146 Å². The van der Waals surface area contributed by atoms with Gasteiger partial charge in [-0.25, -0.2) is 4.79 Å². The Kier molecular flexibility index (Phi) is 76.0. The molecule has 9 heteroatoms. The van der Waals surface area contributed by atoms with Crippen molar-refractivity contribution in [3.8, 4) is 0 Å². The molecule has 0 heterocycles. The number of aliphatic carboxylic acids is 1. The van der Waals surface area contributed by atoms with Crippen LogP contribution in [-0.4, -0.2) is 87.4 Å².